The van der Waals surface area contributed by atoms with Crippen molar-refractivity contribution in [2.24, 2.45) is 11.8 Å². The molecule has 0 unspecified atom stereocenters. The summed E-state index contributed by atoms with van der Waals surface area (Å²) in [7, 11) is 0. The van der Waals surface area contributed by atoms with Gasteiger partial charge in [-0.1, -0.05) is 12.1 Å². The lowest BCUT2D eigenvalue weighted by molar-refractivity contribution is -0.342. The first-order valence-corrected chi connectivity index (χ1v) is 15.1. The van der Waals surface area contributed by atoms with Gasteiger partial charge in [0, 0.05) is 40.5 Å². The summed E-state index contributed by atoms with van der Waals surface area (Å²) in [6, 6.07) is 7.99. The standard InChI is InChI=1S/C33H35NO15/c1-16(35)41-13-22-9-10-24-25(31(40)47-23-8-6-7-21(11-23)12-34)14-43-32(27(22)24)49-33-30(46-20(5)39)29(45-19(4)38)28(44-18(3)37)26(48-33)15-42-17(2)36/h6-9,11,14,24,26-30,32-33H,10,13,15H2,1-5H3/t24-,26-,27-,28-,29+,30-,32+,33+/m1/s1. The van der Waals surface area contributed by atoms with Gasteiger partial charge in [-0.2, -0.15) is 5.26 Å². The first-order valence-electron chi connectivity index (χ1n) is 15.1. The van der Waals surface area contributed by atoms with Crippen molar-refractivity contribution in [1.82, 2.24) is 0 Å². The molecule has 0 amide bonds. The largest absolute Gasteiger partial charge is 0.471 e. The van der Waals surface area contributed by atoms with Crippen LogP contribution in [0.3, 0.4) is 0 Å². The first kappa shape index (κ1) is 36.6. The van der Waals surface area contributed by atoms with Gasteiger partial charge in [-0.25, -0.2) is 4.79 Å². The van der Waals surface area contributed by atoms with Gasteiger partial charge in [0.1, 0.15) is 25.1 Å². The van der Waals surface area contributed by atoms with Crippen LogP contribution in [0.1, 0.15) is 46.6 Å². The fourth-order valence-electron chi connectivity index (χ4n) is 5.70. The minimum atomic E-state index is -1.59. The van der Waals surface area contributed by atoms with E-state index in [4.69, 9.17) is 42.6 Å². The molecule has 0 N–H and O–H groups in total. The van der Waals surface area contributed by atoms with Gasteiger partial charge in [-0.15, -0.1) is 0 Å². The molecule has 2 aliphatic heterocycles. The second-order valence-corrected chi connectivity index (χ2v) is 11.2. The maximum atomic E-state index is 13.4. The summed E-state index contributed by atoms with van der Waals surface area (Å²) in [6.45, 7) is 4.99. The molecule has 3 aliphatic rings. The summed E-state index contributed by atoms with van der Waals surface area (Å²) in [5.41, 5.74) is 0.921. The number of carbonyl (C=O) groups excluding carboxylic acids is 6. The second kappa shape index (κ2) is 16.2. The van der Waals surface area contributed by atoms with Crippen LogP contribution in [0.15, 0.2) is 47.7 Å². The average Bonchev–Trinajstić information content (AvgIpc) is 3.46. The summed E-state index contributed by atoms with van der Waals surface area (Å²) in [5.74, 6) is -5.76. The van der Waals surface area contributed by atoms with Crippen LogP contribution in [0, 0.1) is 23.2 Å². The Balaban J connectivity index is 1.69. The molecule has 262 valence electrons. The van der Waals surface area contributed by atoms with Gasteiger partial charge in [0.15, 0.2) is 18.3 Å². The van der Waals surface area contributed by atoms with Crippen molar-refractivity contribution in [1.29, 1.82) is 5.26 Å². The van der Waals surface area contributed by atoms with Crippen molar-refractivity contribution in [3.63, 3.8) is 0 Å². The molecule has 0 spiro atoms. The summed E-state index contributed by atoms with van der Waals surface area (Å²) in [5, 5.41) is 9.22. The average molecular weight is 686 g/mol. The topological polar surface area (TPSA) is 209 Å². The lowest BCUT2D eigenvalue weighted by Crippen LogP contribution is -2.63. The molecule has 8 atom stereocenters. The van der Waals surface area contributed by atoms with E-state index in [0.717, 1.165) is 34.0 Å². The fraction of sp³-hybridized carbons (Fsp3) is 0.485. The molecule has 1 fully saturated rings. The van der Waals surface area contributed by atoms with Gasteiger partial charge in [0.05, 0.1) is 29.4 Å². The Morgan fingerprint density at radius 2 is 1.49 bits per heavy atom. The molecule has 49 heavy (non-hydrogen) atoms. The molecule has 0 aromatic heterocycles. The van der Waals surface area contributed by atoms with E-state index >= 15 is 0 Å². The monoisotopic (exact) mass is 685 g/mol. The highest BCUT2D eigenvalue weighted by atomic mass is 16.8. The van der Waals surface area contributed by atoms with E-state index < -0.39 is 91.3 Å². The van der Waals surface area contributed by atoms with Gasteiger partial charge in [-0.3, -0.25) is 24.0 Å². The third-order valence-corrected chi connectivity index (χ3v) is 7.59. The summed E-state index contributed by atoms with van der Waals surface area (Å²) in [6.07, 6.45) is -5.40. The second-order valence-electron chi connectivity index (χ2n) is 11.2. The zero-order valence-corrected chi connectivity index (χ0v) is 27.3. The number of rotatable bonds is 11. The van der Waals surface area contributed by atoms with Crippen LogP contribution in [0.25, 0.3) is 0 Å². The van der Waals surface area contributed by atoms with Crippen LogP contribution in [-0.2, 0) is 66.7 Å². The van der Waals surface area contributed by atoms with Gasteiger partial charge < -0.3 is 42.6 Å². The van der Waals surface area contributed by atoms with Crippen LogP contribution in [0.4, 0.5) is 0 Å². The van der Waals surface area contributed by atoms with E-state index in [9.17, 15) is 34.0 Å². The quantitative estimate of drug-likeness (QED) is 0.141. The molecule has 0 bridgehead atoms. The Morgan fingerprint density at radius 3 is 2.12 bits per heavy atom. The van der Waals surface area contributed by atoms with Gasteiger partial charge in [0.25, 0.3) is 0 Å². The molecule has 16 heteroatoms. The zero-order valence-electron chi connectivity index (χ0n) is 27.3. The SMILES string of the molecule is CC(=O)OCC1=CC[C@@H]2C(C(=O)Oc3cccc(C#N)c3)=CO[C@@H](O[C@@H]3O[C@H](COC(C)=O)[C@@H](OC(C)=O)[C@H](OC(C)=O)[C@H]3OC(C)=O)[C@H]12. The Kier molecular flexibility index (Phi) is 12.1. The molecule has 4 rings (SSSR count). The number of hydrogen-bond acceptors (Lipinski definition) is 16. The number of benzene rings is 1. The maximum absolute atomic E-state index is 13.4. The molecule has 2 heterocycles. The predicted molar refractivity (Wildman–Crippen MR) is 159 cm³/mol. The number of carbonyl (C=O) groups is 6. The van der Waals surface area contributed by atoms with E-state index in [2.05, 4.69) is 0 Å². The van der Waals surface area contributed by atoms with Crippen LogP contribution in [-0.4, -0.2) is 86.0 Å². The van der Waals surface area contributed by atoms with E-state index in [1.807, 2.05) is 6.07 Å². The van der Waals surface area contributed by atoms with E-state index in [-0.39, 0.29) is 29.9 Å². The predicted octanol–water partition coefficient (Wildman–Crippen LogP) is 1.93. The Bertz CT molecular complexity index is 1580. The van der Waals surface area contributed by atoms with Gasteiger partial charge >= 0.3 is 35.8 Å². The molecule has 1 aromatic rings. The van der Waals surface area contributed by atoms with Crippen molar-refractivity contribution in [3.8, 4) is 11.8 Å². The van der Waals surface area contributed by atoms with E-state index in [0.29, 0.717) is 5.57 Å². The highest BCUT2D eigenvalue weighted by molar-refractivity contribution is 5.91. The van der Waals surface area contributed by atoms with E-state index in [1.54, 1.807) is 18.2 Å². The van der Waals surface area contributed by atoms with Crippen LogP contribution < -0.4 is 4.74 Å². The summed E-state index contributed by atoms with van der Waals surface area (Å²) >= 11 is 0. The molecule has 1 aliphatic carbocycles. The smallest absolute Gasteiger partial charge is 0.342 e. The minimum absolute atomic E-state index is 0.114. The molecular formula is C33H35NO15. The lowest BCUT2D eigenvalue weighted by Gasteiger charge is -2.45. The normalized spacial score (nSPS) is 27.0. The van der Waals surface area contributed by atoms with Crippen LogP contribution >= 0.6 is 0 Å². The van der Waals surface area contributed by atoms with Crippen molar-refractivity contribution in [2.75, 3.05) is 13.2 Å². The number of nitrogens with zero attached hydrogens (tertiary/aromatic N) is 1. The number of ether oxygens (including phenoxy) is 9. The van der Waals surface area contributed by atoms with Crippen molar-refractivity contribution in [2.45, 2.75) is 78.0 Å². The molecule has 0 radical (unpaired) electrons. The van der Waals surface area contributed by atoms with Gasteiger partial charge in [-0.05, 0) is 30.2 Å². The Labute approximate surface area is 280 Å². The minimum Gasteiger partial charge on any atom is -0.471 e. The van der Waals surface area contributed by atoms with Gasteiger partial charge in [0.2, 0.25) is 12.6 Å². The van der Waals surface area contributed by atoms with E-state index in [1.165, 1.54) is 19.1 Å². The zero-order chi connectivity index (χ0) is 35.8. The van der Waals surface area contributed by atoms with Crippen molar-refractivity contribution >= 4 is 35.8 Å². The Morgan fingerprint density at radius 1 is 0.837 bits per heavy atom. The fourth-order valence-corrected chi connectivity index (χ4v) is 5.70. The van der Waals surface area contributed by atoms with Crippen molar-refractivity contribution < 1.29 is 71.4 Å². The molecule has 0 saturated carbocycles. The number of nitriles is 1. The molecule has 1 saturated heterocycles. The van der Waals surface area contributed by atoms with Crippen LogP contribution in [0.5, 0.6) is 5.75 Å². The van der Waals surface area contributed by atoms with Crippen LogP contribution in [0.2, 0.25) is 0 Å². The first-order chi connectivity index (χ1) is 23.3. The third-order valence-electron chi connectivity index (χ3n) is 7.59. The lowest BCUT2D eigenvalue weighted by atomic mass is 9.83. The summed E-state index contributed by atoms with van der Waals surface area (Å²) < 4.78 is 50.5. The number of esters is 6. The number of hydrogen-bond donors (Lipinski definition) is 0. The van der Waals surface area contributed by atoms with Crippen molar-refractivity contribution in [3.05, 3.63) is 53.3 Å². The highest BCUT2D eigenvalue weighted by Gasteiger charge is 2.55. The maximum Gasteiger partial charge on any atom is 0.342 e. The summed E-state index contributed by atoms with van der Waals surface area (Å²) in [4.78, 5) is 73.3. The third kappa shape index (κ3) is 9.42. The molecular weight excluding hydrogens is 650 g/mol. The Hall–Kier alpha value is -5.27. The number of allylic oxidation sites excluding steroid dienone is 1. The highest BCUT2D eigenvalue weighted by Crippen LogP contribution is 2.45. The molecule has 1 aromatic carbocycles. The number of fused-ring (bicyclic) bond motifs is 1. The molecule has 16 nitrogen and oxygen atoms in total.